The second-order valence-electron chi connectivity index (χ2n) is 4.91. The number of sulfonamides is 1. The van der Waals surface area contributed by atoms with E-state index in [-0.39, 0.29) is 23.8 Å². The van der Waals surface area contributed by atoms with Crippen molar-refractivity contribution in [3.8, 4) is 5.75 Å². The van der Waals surface area contributed by atoms with Crippen LogP contribution in [-0.4, -0.2) is 27.0 Å². The van der Waals surface area contributed by atoms with E-state index in [1.807, 2.05) is 0 Å². The molecule has 0 bridgehead atoms. The lowest BCUT2D eigenvalue weighted by molar-refractivity contribution is -0.121. The lowest BCUT2D eigenvalue weighted by Gasteiger charge is -2.10. The zero-order valence-corrected chi connectivity index (χ0v) is 12.1. The molecule has 0 heterocycles. The smallest absolute Gasteiger partial charge is 0.238 e. The summed E-state index contributed by atoms with van der Waals surface area (Å²) < 4.78 is 27.9. The van der Waals surface area contributed by atoms with Gasteiger partial charge in [-0.2, -0.15) is 0 Å². The number of carbonyl (C=O) groups excluding carboxylic acids is 1. The molecule has 0 aliphatic heterocycles. The van der Waals surface area contributed by atoms with Crippen LogP contribution < -0.4 is 15.2 Å². The van der Waals surface area contributed by atoms with E-state index >= 15 is 0 Å². The van der Waals surface area contributed by atoms with E-state index in [9.17, 15) is 13.2 Å². The summed E-state index contributed by atoms with van der Waals surface area (Å²) >= 11 is 0. The van der Waals surface area contributed by atoms with Gasteiger partial charge in [0, 0.05) is 6.04 Å². The van der Waals surface area contributed by atoms with Crippen molar-refractivity contribution >= 4 is 15.9 Å². The lowest BCUT2D eigenvalue weighted by Crippen LogP contribution is -2.26. The van der Waals surface area contributed by atoms with Crippen LogP contribution in [0, 0.1) is 6.92 Å². The SMILES string of the molecule is Cc1cc(S(N)(=O)=O)ccc1OCCC(=O)NC1CC1. The monoisotopic (exact) mass is 298 g/mol. The Balaban J connectivity index is 1.88. The van der Waals surface area contributed by atoms with Gasteiger partial charge in [0.25, 0.3) is 0 Å². The number of aryl methyl sites for hydroxylation is 1. The van der Waals surface area contributed by atoms with Crippen LogP contribution in [0.1, 0.15) is 24.8 Å². The molecule has 0 saturated heterocycles. The van der Waals surface area contributed by atoms with Gasteiger partial charge in [-0.25, -0.2) is 13.6 Å². The molecule has 1 aromatic carbocycles. The van der Waals surface area contributed by atoms with E-state index in [1.54, 1.807) is 13.0 Å². The fourth-order valence-corrected chi connectivity index (χ4v) is 2.34. The zero-order chi connectivity index (χ0) is 14.8. The van der Waals surface area contributed by atoms with Crippen molar-refractivity contribution in [3.63, 3.8) is 0 Å². The van der Waals surface area contributed by atoms with Gasteiger partial charge in [-0.05, 0) is 43.5 Å². The molecule has 1 amide bonds. The molecule has 0 aromatic heterocycles. The third kappa shape index (κ3) is 4.21. The molecular formula is C13H18N2O4S. The van der Waals surface area contributed by atoms with Gasteiger partial charge < -0.3 is 10.1 Å². The summed E-state index contributed by atoms with van der Waals surface area (Å²) in [5.41, 5.74) is 0.666. The molecule has 7 heteroatoms. The van der Waals surface area contributed by atoms with Gasteiger partial charge in [-0.3, -0.25) is 4.79 Å². The summed E-state index contributed by atoms with van der Waals surface area (Å²) in [5.74, 6) is 0.530. The minimum atomic E-state index is -3.70. The van der Waals surface area contributed by atoms with Crippen LogP contribution in [0.25, 0.3) is 0 Å². The Morgan fingerprint density at radius 1 is 1.45 bits per heavy atom. The highest BCUT2D eigenvalue weighted by atomic mass is 32.2. The number of amides is 1. The largest absolute Gasteiger partial charge is 0.493 e. The first kappa shape index (κ1) is 14.8. The predicted octanol–water partition coefficient (Wildman–Crippen LogP) is 0.690. The van der Waals surface area contributed by atoms with Gasteiger partial charge in [0.05, 0.1) is 17.9 Å². The summed E-state index contributed by atoms with van der Waals surface area (Å²) in [7, 11) is -3.70. The number of hydrogen-bond donors (Lipinski definition) is 2. The molecule has 0 unspecified atom stereocenters. The molecule has 1 saturated carbocycles. The summed E-state index contributed by atoms with van der Waals surface area (Å²) in [6.45, 7) is 1.99. The Labute approximate surface area is 118 Å². The zero-order valence-electron chi connectivity index (χ0n) is 11.3. The first-order chi connectivity index (χ1) is 9.36. The number of benzene rings is 1. The second-order valence-corrected chi connectivity index (χ2v) is 6.47. The van der Waals surface area contributed by atoms with E-state index in [4.69, 9.17) is 9.88 Å². The van der Waals surface area contributed by atoms with Crippen LogP contribution in [0.2, 0.25) is 0 Å². The van der Waals surface area contributed by atoms with Crippen LogP contribution in [0.4, 0.5) is 0 Å². The molecule has 0 atom stereocenters. The third-order valence-electron chi connectivity index (χ3n) is 3.00. The highest BCUT2D eigenvalue weighted by molar-refractivity contribution is 7.89. The van der Waals surface area contributed by atoms with Gasteiger partial charge in [0.1, 0.15) is 5.75 Å². The minimum absolute atomic E-state index is 0.0219. The van der Waals surface area contributed by atoms with Crippen molar-refractivity contribution < 1.29 is 17.9 Å². The van der Waals surface area contributed by atoms with Gasteiger partial charge in [-0.1, -0.05) is 0 Å². The molecule has 1 aliphatic carbocycles. The maximum Gasteiger partial charge on any atom is 0.238 e. The topological polar surface area (TPSA) is 98.5 Å². The summed E-state index contributed by atoms with van der Waals surface area (Å²) in [6.07, 6.45) is 2.40. The lowest BCUT2D eigenvalue weighted by atomic mass is 10.2. The van der Waals surface area contributed by atoms with Gasteiger partial charge in [0.15, 0.2) is 0 Å². The summed E-state index contributed by atoms with van der Waals surface area (Å²) in [6, 6.07) is 4.74. The predicted molar refractivity (Wildman–Crippen MR) is 73.8 cm³/mol. The molecule has 0 spiro atoms. The van der Waals surface area contributed by atoms with Crippen molar-refractivity contribution in [2.75, 3.05) is 6.61 Å². The van der Waals surface area contributed by atoms with E-state index < -0.39 is 10.0 Å². The Bertz CT molecular complexity index is 609. The third-order valence-corrected chi connectivity index (χ3v) is 3.92. The highest BCUT2D eigenvalue weighted by Gasteiger charge is 2.22. The molecule has 2 rings (SSSR count). The number of rotatable bonds is 6. The highest BCUT2D eigenvalue weighted by Crippen LogP contribution is 2.21. The molecule has 110 valence electrons. The van der Waals surface area contributed by atoms with Crippen molar-refractivity contribution in [2.24, 2.45) is 5.14 Å². The Morgan fingerprint density at radius 3 is 2.70 bits per heavy atom. The van der Waals surface area contributed by atoms with Crippen LogP contribution in [0.5, 0.6) is 5.75 Å². The number of hydrogen-bond acceptors (Lipinski definition) is 4. The van der Waals surface area contributed by atoms with Gasteiger partial charge in [-0.15, -0.1) is 0 Å². The molecule has 6 nitrogen and oxygen atoms in total. The van der Waals surface area contributed by atoms with E-state index in [1.165, 1.54) is 12.1 Å². The minimum Gasteiger partial charge on any atom is -0.493 e. The molecule has 1 aliphatic rings. The van der Waals surface area contributed by atoms with Crippen LogP contribution in [-0.2, 0) is 14.8 Å². The van der Waals surface area contributed by atoms with Crippen LogP contribution in [0.3, 0.4) is 0 Å². The maximum atomic E-state index is 11.5. The molecule has 1 aromatic rings. The molecule has 20 heavy (non-hydrogen) atoms. The number of primary sulfonamides is 1. The Morgan fingerprint density at radius 2 is 2.15 bits per heavy atom. The summed E-state index contributed by atoms with van der Waals surface area (Å²) in [4.78, 5) is 11.5. The standard InChI is InChI=1S/C13H18N2O4S/c1-9-8-11(20(14,17)18)4-5-12(9)19-7-6-13(16)15-10-2-3-10/h4-5,8,10H,2-3,6-7H2,1H3,(H,15,16)(H2,14,17,18). The van der Waals surface area contributed by atoms with Crippen molar-refractivity contribution in [3.05, 3.63) is 23.8 Å². The van der Waals surface area contributed by atoms with Crippen molar-refractivity contribution in [2.45, 2.75) is 37.1 Å². The quantitative estimate of drug-likeness (QED) is 0.807. The van der Waals surface area contributed by atoms with Crippen LogP contribution >= 0.6 is 0 Å². The van der Waals surface area contributed by atoms with E-state index in [2.05, 4.69) is 5.32 Å². The second kappa shape index (κ2) is 5.80. The fourth-order valence-electron chi connectivity index (χ4n) is 1.74. The van der Waals surface area contributed by atoms with Gasteiger partial charge >= 0.3 is 0 Å². The number of nitrogens with two attached hydrogens (primary N) is 1. The van der Waals surface area contributed by atoms with E-state index in [0.717, 1.165) is 12.8 Å². The Kier molecular flexibility index (Phi) is 4.29. The van der Waals surface area contributed by atoms with E-state index in [0.29, 0.717) is 17.4 Å². The number of carbonyl (C=O) groups is 1. The van der Waals surface area contributed by atoms with Crippen molar-refractivity contribution in [1.82, 2.24) is 5.32 Å². The Hall–Kier alpha value is -1.60. The first-order valence-corrected chi connectivity index (χ1v) is 7.96. The normalized spacial score (nSPS) is 14.9. The maximum absolute atomic E-state index is 11.5. The summed E-state index contributed by atoms with van der Waals surface area (Å²) in [5, 5.41) is 7.92. The average molecular weight is 298 g/mol. The fraction of sp³-hybridized carbons (Fsp3) is 0.462. The molecule has 0 radical (unpaired) electrons. The molecule has 1 fully saturated rings. The average Bonchev–Trinajstić information content (AvgIpc) is 3.13. The molecule has 3 N–H and O–H groups in total. The first-order valence-electron chi connectivity index (χ1n) is 6.42. The van der Waals surface area contributed by atoms with Crippen LogP contribution in [0.15, 0.2) is 23.1 Å². The van der Waals surface area contributed by atoms with Crippen molar-refractivity contribution in [1.29, 1.82) is 0 Å². The van der Waals surface area contributed by atoms with Gasteiger partial charge in [0.2, 0.25) is 15.9 Å². The number of nitrogens with one attached hydrogen (secondary N) is 1. The molecular weight excluding hydrogens is 280 g/mol. The number of ether oxygens (including phenoxy) is 1.